The monoisotopic (exact) mass is 252 g/mol. The van der Waals surface area contributed by atoms with Gasteiger partial charge in [-0.3, -0.25) is 4.68 Å². The standard InChI is InChI=1S/C14H24N2O2/c1-6-8-9-11-10-12(13(17)18-7-2)15-16(11)14(3,4)5/h10H,6-9H2,1-5H3. The first-order valence-electron chi connectivity index (χ1n) is 6.66. The molecule has 0 fully saturated rings. The van der Waals surface area contributed by atoms with Crippen LogP contribution in [0.3, 0.4) is 0 Å². The highest BCUT2D eigenvalue weighted by molar-refractivity contribution is 5.87. The molecule has 0 spiro atoms. The van der Waals surface area contributed by atoms with Crippen LogP contribution in [0.4, 0.5) is 0 Å². The van der Waals surface area contributed by atoms with Crippen LogP contribution in [0.15, 0.2) is 6.07 Å². The van der Waals surface area contributed by atoms with E-state index in [0.29, 0.717) is 12.3 Å². The molecular formula is C14H24N2O2. The smallest absolute Gasteiger partial charge is 0.358 e. The SMILES string of the molecule is CCCCc1cc(C(=O)OCC)nn1C(C)(C)C. The fourth-order valence-corrected chi connectivity index (χ4v) is 1.84. The first-order valence-corrected chi connectivity index (χ1v) is 6.66. The lowest BCUT2D eigenvalue weighted by Gasteiger charge is -2.22. The van der Waals surface area contributed by atoms with Gasteiger partial charge in [-0.25, -0.2) is 4.79 Å². The highest BCUT2D eigenvalue weighted by Gasteiger charge is 2.22. The van der Waals surface area contributed by atoms with Crippen molar-refractivity contribution in [1.82, 2.24) is 9.78 Å². The average Bonchev–Trinajstić information content (AvgIpc) is 2.70. The number of nitrogens with zero attached hydrogens (tertiary/aromatic N) is 2. The summed E-state index contributed by atoms with van der Waals surface area (Å²) in [5, 5.41) is 4.40. The lowest BCUT2D eigenvalue weighted by Crippen LogP contribution is -2.25. The second-order valence-corrected chi connectivity index (χ2v) is 5.43. The summed E-state index contributed by atoms with van der Waals surface area (Å²) in [5.41, 5.74) is 1.40. The van der Waals surface area contributed by atoms with Gasteiger partial charge in [-0.1, -0.05) is 13.3 Å². The molecule has 0 unspecified atom stereocenters. The number of carbonyl (C=O) groups excluding carboxylic acids is 1. The summed E-state index contributed by atoms with van der Waals surface area (Å²) in [7, 11) is 0. The summed E-state index contributed by atoms with van der Waals surface area (Å²) in [6.45, 7) is 10.6. The molecule has 0 bridgehead atoms. The second-order valence-electron chi connectivity index (χ2n) is 5.43. The largest absolute Gasteiger partial charge is 0.461 e. The van der Waals surface area contributed by atoms with Crippen LogP contribution >= 0.6 is 0 Å². The molecule has 1 heterocycles. The molecule has 4 heteroatoms. The molecule has 102 valence electrons. The van der Waals surface area contributed by atoms with E-state index in [4.69, 9.17) is 4.74 Å². The Morgan fingerprint density at radius 2 is 2.06 bits per heavy atom. The fourth-order valence-electron chi connectivity index (χ4n) is 1.84. The third-order valence-corrected chi connectivity index (χ3v) is 2.69. The molecule has 0 atom stereocenters. The molecule has 0 saturated heterocycles. The van der Waals surface area contributed by atoms with E-state index in [-0.39, 0.29) is 11.5 Å². The maximum atomic E-state index is 11.7. The number of carbonyl (C=O) groups is 1. The summed E-state index contributed by atoms with van der Waals surface area (Å²) in [6.07, 6.45) is 3.17. The van der Waals surface area contributed by atoms with Crippen molar-refractivity contribution in [2.75, 3.05) is 6.61 Å². The van der Waals surface area contributed by atoms with Crippen LogP contribution in [-0.4, -0.2) is 22.4 Å². The molecule has 18 heavy (non-hydrogen) atoms. The minimum absolute atomic E-state index is 0.117. The van der Waals surface area contributed by atoms with Crippen LogP contribution in [-0.2, 0) is 16.7 Å². The van der Waals surface area contributed by atoms with Crippen molar-refractivity contribution >= 4 is 5.97 Å². The number of aromatic nitrogens is 2. The lowest BCUT2D eigenvalue weighted by molar-refractivity contribution is 0.0517. The van der Waals surface area contributed by atoms with Gasteiger partial charge in [0.25, 0.3) is 0 Å². The topological polar surface area (TPSA) is 44.1 Å². The summed E-state index contributed by atoms with van der Waals surface area (Å²) in [4.78, 5) is 11.7. The number of ether oxygens (including phenoxy) is 1. The van der Waals surface area contributed by atoms with E-state index in [9.17, 15) is 4.79 Å². The highest BCUT2D eigenvalue weighted by atomic mass is 16.5. The summed E-state index contributed by atoms with van der Waals surface area (Å²) in [5.74, 6) is -0.335. The summed E-state index contributed by atoms with van der Waals surface area (Å²) in [6, 6.07) is 1.86. The Bertz CT molecular complexity index is 402. The van der Waals surface area contributed by atoms with Crippen LogP contribution < -0.4 is 0 Å². The molecule has 1 aromatic heterocycles. The Morgan fingerprint density at radius 3 is 2.56 bits per heavy atom. The van der Waals surface area contributed by atoms with E-state index in [1.165, 1.54) is 0 Å². The molecule has 0 saturated carbocycles. The summed E-state index contributed by atoms with van der Waals surface area (Å²) >= 11 is 0. The van der Waals surface area contributed by atoms with Gasteiger partial charge in [0.1, 0.15) is 0 Å². The molecule has 0 radical (unpaired) electrons. The zero-order chi connectivity index (χ0) is 13.8. The van der Waals surface area contributed by atoms with Crippen molar-refractivity contribution in [3.05, 3.63) is 17.5 Å². The first kappa shape index (κ1) is 14.7. The quantitative estimate of drug-likeness (QED) is 0.756. The molecule has 0 aromatic carbocycles. The van der Waals surface area contributed by atoms with E-state index < -0.39 is 0 Å². The van der Waals surface area contributed by atoms with Crippen molar-refractivity contribution in [1.29, 1.82) is 0 Å². The van der Waals surface area contributed by atoms with E-state index in [1.807, 2.05) is 10.7 Å². The maximum absolute atomic E-state index is 11.7. The van der Waals surface area contributed by atoms with Gasteiger partial charge in [-0.2, -0.15) is 5.10 Å². The van der Waals surface area contributed by atoms with E-state index in [1.54, 1.807) is 6.92 Å². The lowest BCUT2D eigenvalue weighted by atomic mass is 10.1. The molecule has 0 aliphatic rings. The van der Waals surface area contributed by atoms with Crippen LogP contribution in [0.25, 0.3) is 0 Å². The third kappa shape index (κ3) is 3.59. The molecule has 1 aromatic rings. The zero-order valence-electron chi connectivity index (χ0n) is 12.1. The molecule has 1 rings (SSSR count). The minimum Gasteiger partial charge on any atom is -0.461 e. The van der Waals surface area contributed by atoms with Gasteiger partial charge >= 0.3 is 5.97 Å². The zero-order valence-corrected chi connectivity index (χ0v) is 12.1. The predicted molar refractivity (Wildman–Crippen MR) is 71.8 cm³/mol. The number of esters is 1. The maximum Gasteiger partial charge on any atom is 0.358 e. The van der Waals surface area contributed by atoms with Gasteiger partial charge in [-0.15, -0.1) is 0 Å². The third-order valence-electron chi connectivity index (χ3n) is 2.69. The van der Waals surface area contributed by atoms with Crippen molar-refractivity contribution in [3.8, 4) is 0 Å². The van der Waals surface area contributed by atoms with Gasteiger partial charge in [0.15, 0.2) is 5.69 Å². The van der Waals surface area contributed by atoms with E-state index in [2.05, 4.69) is 32.8 Å². The highest BCUT2D eigenvalue weighted by Crippen LogP contribution is 2.19. The van der Waals surface area contributed by atoms with Crippen molar-refractivity contribution < 1.29 is 9.53 Å². The van der Waals surface area contributed by atoms with Crippen LogP contribution in [0, 0.1) is 0 Å². The van der Waals surface area contributed by atoms with Crippen LogP contribution in [0.1, 0.15) is 63.6 Å². The van der Waals surface area contributed by atoms with Gasteiger partial charge in [-0.05, 0) is 46.6 Å². The van der Waals surface area contributed by atoms with Gasteiger partial charge in [0.05, 0.1) is 12.1 Å². The molecule has 0 aliphatic heterocycles. The number of hydrogen-bond acceptors (Lipinski definition) is 3. The van der Waals surface area contributed by atoms with Crippen molar-refractivity contribution in [3.63, 3.8) is 0 Å². The van der Waals surface area contributed by atoms with E-state index in [0.717, 1.165) is 25.0 Å². The Morgan fingerprint density at radius 1 is 1.39 bits per heavy atom. The van der Waals surface area contributed by atoms with Crippen LogP contribution in [0.2, 0.25) is 0 Å². The Labute approximate surface area is 109 Å². The molecule has 0 N–H and O–H groups in total. The van der Waals surface area contributed by atoms with Gasteiger partial charge < -0.3 is 4.74 Å². The van der Waals surface area contributed by atoms with Crippen molar-refractivity contribution in [2.24, 2.45) is 0 Å². The van der Waals surface area contributed by atoms with E-state index >= 15 is 0 Å². The minimum atomic E-state index is -0.335. The number of aryl methyl sites for hydroxylation is 1. The summed E-state index contributed by atoms with van der Waals surface area (Å²) < 4.78 is 6.94. The van der Waals surface area contributed by atoms with Gasteiger partial charge in [0.2, 0.25) is 0 Å². The molecule has 0 aliphatic carbocycles. The number of hydrogen-bond donors (Lipinski definition) is 0. The molecular weight excluding hydrogens is 228 g/mol. The average molecular weight is 252 g/mol. The van der Waals surface area contributed by atoms with Crippen LogP contribution in [0.5, 0.6) is 0 Å². The molecule has 0 amide bonds. The first-order chi connectivity index (χ1) is 8.40. The van der Waals surface area contributed by atoms with Crippen molar-refractivity contribution in [2.45, 2.75) is 59.4 Å². The van der Waals surface area contributed by atoms with Gasteiger partial charge in [0, 0.05) is 5.69 Å². The number of rotatable bonds is 5. The fraction of sp³-hybridized carbons (Fsp3) is 0.714. The normalized spacial score (nSPS) is 11.6. The molecule has 4 nitrogen and oxygen atoms in total. The second kappa shape index (κ2) is 6.03. The Kier molecular flexibility index (Phi) is 4.93. The number of unbranched alkanes of at least 4 members (excludes halogenated alkanes) is 1. The Hall–Kier alpha value is -1.32. The Balaban J connectivity index is 3.03. The predicted octanol–water partition coefficient (Wildman–Crippen LogP) is 3.16.